The first kappa shape index (κ1) is 16.7. The normalized spacial score (nSPS) is 37.2. The Labute approximate surface area is 155 Å². The molecule has 1 heterocycles. The van der Waals surface area contributed by atoms with E-state index in [0.29, 0.717) is 5.92 Å². The Morgan fingerprint density at radius 2 is 1.50 bits per heavy atom. The van der Waals surface area contributed by atoms with Crippen molar-refractivity contribution in [3.8, 4) is 0 Å². The number of nitrogens with zero attached hydrogens (tertiary/aromatic N) is 1. The highest BCUT2D eigenvalue weighted by Crippen LogP contribution is 2.80. The van der Waals surface area contributed by atoms with E-state index in [1.807, 2.05) is 65.5 Å². The van der Waals surface area contributed by atoms with Gasteiger partial charge in [0.05, 0.1) is 0 Å². The number of hydroxylamine groups is 1. The summed E-state index contributed by atoms with van der Waals surface area (Å²) in [5.74, 6) is 0.637. The van der Waals surface area contributed by atoms with Gasteiger partial charge in [-0.3, -0.25) is 9.40 Å². The van der Waals surface area contributed by atoms with Gasteiger partial charge in [0, 0.05) is 16.0 Å². The molecule has 2 bridgehead atoms. The van der Waals surface area contributed by atoms with Gasteiger partial charge >= 0.3 is 0 Å². The van der Waals surface area contributed by atoms with Gasteiger partial charge in [-0.05, 0) is 54.9 Å². The van der Waals surface area contributed by atoms with E-state index in [2.05, 4.69) is 20.8 Å². The van der Waals surface area contributed by atoms with E-state index >= 15 is 0 Å². The van der Waals surface area contributed by atoms with E-state index in [9.17, 15) is 4.57 Å². The monoisotopic (exact) mass is 367 g/mol. The van der Waals surface area contributed by atoms with Crippen LogP contribution in [-0.2, 0) is 9.40 Å². The Hall–Kier alpha value is -1.41. The van der Waals surface area contributed by atoms with E-state index in [0.717, 1.165) is 23.5 Å². The maximum Gasteiger partial charge on any atom is 0.232 e. The van der Waals surface area contributed by atoms with E-state index < -0.39 is 7.29 Å². The molecular formula is C22H26NO2P. The summed E-state index contributed by atoms with van der Waals surface area (Å²) in [6.45, 7) is 7.09. The summed E-state index contributed by atoms with van der Waals surface area (Å²) in [5, 5.41) is 1.71. The predicted molar refractivity (Wildman–Crippen MR) is 105 cm³/mol. The number of benzene rings is 2. The third-order valence-electron chi connectivity index (χ3n) is 7.80. The minimum absolute atomic E-state index is 0.0316. The molecular weight excluding hydrogens is 341 g/mol. The highest BCUT2D eigenvalue weighted by atomic mass is 31.2. The van der Waals surface area contributed by atoms with E-state index in [1.54, 1.807) is 0 Å². The first-order chi connectivity index (χ1) is 12.4. The molecule has 0 N–H and O–H groups in total. The van der Waals surface area contributed by atoms with Crippen LogP contribution in [0.15, 0.2) is 60.7 Å². The fourth-order valence-electron chi connectivity index (χ4n) is 5.67. The molecule has 1 saturated heterocycles. The Kier molecular flexibility index (Phi) is 3.28. The van der Waals surface area contributed by atoms with Gasteiger partial charge in [0.1, 0.15) is 0 Å². The third-order valence-corrected chi connectivity index (χ3v) is 10.7. The van der Waals surface area contributed by atoms with E-state index in [1.165, 1.54) is 6.42 Å². The lowest BCUT2D eigenvalue weighted by molar-refractivity contribution is 0.0701. The maximum absolute atomic E-state index is 14.6. The van der Waals surface area contributed by atoms with E-state index in [4.69, 9.17) is 4.84 Å². The molecule has 2 aromatic rings. The second kappa shape index (κ2) is 5.10. The smallest absolute Gasteiger partial charge is 0.232 e. The van der Waals surface area contributed by atoms with Crippen molar-refractivity contribution in [2.24, 2.45) is 16.7 Å². The molecule has 1 aliphatic heterocycles. The molecule has 2 aromatic carbocycles. The van der Waals surface area contributed by atoms with Gasteiger partial charge in [0.15, 0.2) is 5.72 Å². The van der Waals surface area contributed by atoms with Crippen LogP contribution in [0, 0.1) is 16.7 Å². The van der Waals surface area contributed by atoms with Gasteiger partial charge in [-0.2, -0.15) is 0 Å². The van der Waals surface area contributed by atoms with Crippen molar-refractivity contribution in [1.29, 1.82) is 0 Å². The number of hydrogen-bond donors (Lipinski definition) is 0. The summed E-state index contributed by atoms with van der Waals surface area (Å²) in [6, 6.07) is 19.7. The number of hydrogen-bond acceptors (Lipinski definition) is 2. The SMILES string of the molecule is CC1(C)[C@@H]2CC[C@@]1(C)[C@]1(C2)ON1P(=O)(c1ccccc1)c1ccccc1. The van der Waals surface area contributed by atoms with Gasteiger partial charge < -0.3 is 0 Å². The van der Waals surface area contributed by atoms with Gasteiger partial charge in [-0.15, -0.1) is 0 Å². The fourth-order valence-corrected chi connectivity index (χ4v) is 8.54. The van der Waals surface area contributed by atoms with Crippen LogP contribution < -0.4 is 10.6 Å². The van der Waals surface area contributed by atoms with Crippen molar-refractivity contribution in [2.45, 2.75) is 45.8 Å². The molecule has 2 aliphatic carbocycles. The lowest BCUT2D eigenvalue weighted by atomic mass is 9.68. The zero-order valence-corrected chi connectivity index (χ0v) is 16.6. The Balaban J connectivity index is 1.65. The minimum Gasteiger partial charge on any atom is -0.294 e. The van der Waals surface area contributed by atoms with Crippen molar-refractivity contribution in [3.63, 3.8) is 0 Å². The highest BCUT2D eigenvalue weighted by Gasteiger charge is 2.82. The molecule has 0 amide bonds. The summed E-state index contributed by atoms with van der Waals surface area (Å²) in [5.41, 5.74) is -0.148. The van der Waals surface area contributed by atoms with Crippen LogP contribution >= 0.6 is 7.29 Å². The summed E-state index contributed by atoms with van der Waals surface area (Å²) >= 11 is 0. The molecule has 136 valence electrons. The minimum atomic E-state index is -3.02. The van der Waals surface area contributed by atoms with E-state index in [-0.39, 0.29) is 16.6 Å². The second-order valence-corrected chi connectivity index (χ2v) is 11.4. The first-order valence-electron chi connectivity index (χ1n) is 9.57. The fraction of sp³-hybridized carbons (Fsp3) is 0.455. The lowest BCUT2D eigenvalue weighted by Gasteiger charge is -2.37. The number of rotatable bonds is 3. The Morgan fingerprint density at radius 3 is 1.92 bits per heavy atom. The first-order valence-corrected chi connectivity index (χ1v) is 11.2. The standard InChI is InChI=1S/C22H26NO2P/c1-20(2)17-14-15-21(20,3)22(16-17)23(25-22)26(24,18-10-6-4-7-11-18)19-12-8-5-9-13-19/h4-13,17H,14-16H2,1-3H3/t17-,21-,22+,23?/m1/s1. The van der Waals surface area contributed by atoms with Crippen molar-refractivity contribution >= 4 is 17.9 Å². The van der Waals surface area contributed by atoms with Crippen LogP contribution in [0.25, 0.3) is 0 Å². The molecule has 4 atom stereocenters. The number of fused-ring (bicyclic) bond motifs is 3. The summed E-state index contributed by atoms with van der Waals surface area (Å²) in [4.78, 5) is 8.29. The molecule has 3 nitrogen and oxygen atoms in total. The van der Waals surface area contributed by atoms with Crippen LogP contribution in [0.4, 0.5) is 0 Å². The lowest BCUT2D eigenvalue weighted by Crippen LogP contribution is -2.41. The molecule has 3 fully saturated rings. The van der Waals surface area contributed by atoms with Gasteiger partial charge in [0.25, 0.3) is 0 Å². The zero-order valence-electron chi connectivity index (χ0n) is 15.7. The quantitative estimate of drug-likeness (QED) is 0.582. The molecule has 1 unspecified atom stereocenters. The van der Waals surface area contributed by atoms with Gasteiger partial charge in [0.2, 0.25) is 7.29 Å². The predicted octanol–water partition coefficient (Wildman–Crippen LogP) is 4.71. The van der Waals surface area contributed by atoms with Crippen molar-refractivity contribution in [2.75, 3.05) is 0 Å². The second-order valence-electron chi connectivity index (χ2n) is 8.89. The van der Waals surface area contributed by atoms with Crippen LogP contribution in [0.3, 0.4) is 0 Å². The zero-order chi connectivity index (χ0) is 18.2. The van der Waals surface area contributed by atoms with Crippen molar-refractivity contribution < 1.29 is 9.40 Å². The molecule has 26 heavy (non-hydrogen) atoms. The Morgan fingerprint density at radius 1 is 0.962 bits per heavy atom. The van der Waals surface area contributed by atoms with Crippen LogP contribution in [0.5, 0.6) is 0 Å². The molecule has 0 aromatic heterocycles. The Bertz CT molecular complexity index is 853. The van der Waals surface area contributed by atoms with Gasteiger partial charge in [-0.25, -0.2) is 0 Å². The highest BCUT2D eigenvalue weighted by molar-refractivity contribution is 7.76. The molecule has 3 aliphatic rings. The van der Waals surface area contributed by atoms with Crippen molar-refractivity contribution in [3.05, 3.63) is 60.7 Å². The third kappa shape index (κ3) is 1.80. The summed E-state index contributed by atoms with van der Waals surface area (Å²) in [6.07, 6.45) is 3.38. The molecule has 5 rings (SSSR count). The molecule has 4 heteroatoms. The maximum atomic E-state index is 14.6. The van der Waals surface area contributed by atoms with Crippen molar-refractivity contribution in [1.82, 2.24) is 4.83 Å². The molecule has 2 saturated carbocycles. The average Bonchev–Trinajstić information content (AvgIpc) is 3.31. The topological polar surface area (TPSA) is 32.6 Å². The summed E-state index contributed by atoms with van der Waals surface area (Å²) < 4.78 is 14.6. The largest absolute Gasteiger partial charge is 0.294 e. The van der Waals surface area contributed by atoms with Gasteiger partial charge in [-0.1, -0.05) is 62.0 Å². The molecule has 1 spiro atoms. The molecule has 0 radical (unpaired) electrons. The average molecular weight is 367 g/mol. The van der Waals surface area contributed by atoms with Crippen LogP contribution in [0.1, 0.15) is 40.0 Å². The van der Waals surface area contributed by atoms with Crippen LogP contribution in [-0.4, -0.2) is 10.6 Å². The van der Waals surface area contributed by atoms with Crippen LogP contribution in [0.2, 0.25) is 0 Å². The summed E-state index contributed by atoms with van der Waals surface area (Å²) in [7, 11) is -3.02.